The van der Waals surface area contributed by atoms with Crippen LogP contribution in [0, 0.1) is 11.6 Å². The molecule has 0 amide bonds. The first-order chi connectivity index (χ1) is 11.8. The smallest absolute Gasteiger partial charge is 0.188 e. The average Bonchev–Trinajstić information content (AvgIpc) is 2.58. The Morgan fingerprint density at radius 2 is 1.64 bits per heavy atom. The van der Waals surface area contributed by atoms with E-state index in [1.54, 1.807) is 0 Å². The van der Waals surface area contributed by atoms with Gasteiger partial charge in [-0.05, 0) is 68.1 Å². The van der Waals surface area contributed by atoms with E-state index in [2.05, 4.69) is 0 Å². The van der Waals surface area contributed by atoms with Gasteiger partial charge in [-0.3, -0.25) is 0 Å². The number of aliphatic hydroxyl groups is 1. The third-order valence-corrected chi connectivity index (χ3v) is 7.62. The Labute approximate surface area is 150 Å². The summed E-state index contributed by atoms with van der Waals surface area (Å²) in [5, 5.41) is 10.2. The molecule has 1 aliphatic rings. The van der Waals surface area contributed by atoms with Gasteiger partial charge in [0, 0.05) is 10.6 Å². The highest BCUT2D eigenvalue weighted by atomic mass is 35.5. The molecule has 2 aromatic carbocycles. The van der Waals surface area contributed by atoms with Crippen molar-refractivity contribution in [3.63, 3.8) is 0 Å². The normalized spacial score (nSPS) is 24.2. The van der Waals surface area contributed by atoms with Crippen LogP contribution in [-0.2, 0) is 14.6 Å². The summed E-state index contributed by atoms with van der Waals surface area (Å²) in [5.41, 5.74) is -0.186. The Morgan fingerprint density at radius 1 is 1.04 bits per heavy atom. The van der Waals surface area contributed by atoms with Gasteiger partial charge in [-0.2, -0.15) is 0 Å². The number of halogens is 3. The van der Waals surface area contributed by atoms with E-state index in [1.165, 1.54) is 24.3 Å². The molecular weight excluding hydrogens is 370 g/mol. The van der Waals surface area contributed by atoms with E-state index >= 15 is 0 Å². The Balaban J connectivity index is 2.21. The van der Waals surface area contributed by atoms with Gasteiger partial charge in [0.2, 0.25) is 0 Å². The van der Waals surface area contributed by atoms with E-state index < -0.39 is 32.3 Å². The first kappa shape index (κ1) is 18.3. The lowest BCUT2D eigenvalue weighted by atomic mass is 9.81. The maximum absolute atomic E-state index is 14.5. The van der Waals surface area contributed by atoms with Crippen molar-refractivity contribution in [1.82, 2.24) is 0 Å². The predicted molar refractivity (Wildman–Crippen MR) is 91.1 cm³/mol. The highest BCUT2D eigenvalue weighted by Crippen LogP contribution is 2.48. The van der Waals surface area contributed by atoms with Gasteiger partial charge in [0.05, 0.1) is 11.0 Å². The second kappa shape index (κ2) is 6.67. The van der Waals surface area contributed by atoms with Crippen molar-refractivity contribution >= 4 is 21.4 Å². The quantitative estimate of drug-likeness (QED) is 0.859. The number of hydrogen-bond acceptors (Lipinski definition) is 3. The maximum Gasteiger partial charge on any atom is 0.188 e. The van der Waals surface area contributed by atoms with Gasteiger partial charge in [-0.15, -0.1) is 0 Å². The second-order valence-corrected chi connectivity index (χ2v) is 9.00. The molecule has 7 heteroatoms. The third kappa shape index (κ3) is 3.18. The molecule has 0 heterocycles. The molecule has 25 heavy (non-hydrogen) atoms. The van der Waals surface area contributed by atoms with Gasteiger partial charge < -0.3 is 5.11 Å². The monoisotopic (exact) mass is 386 g/mol. The Morgan fingerprint density at radius 3 is 2.24 bits per heavy atom. The van der Waals surface area contributed by atoms with Crippen molar-refractivity contribution in [2.45, 2.75) is 41.4 Å². The second-order valence-electron chi connectivity index (χ2n) is 6.31. The number of aliphatic hydroxyl groups excluding tert-OH is 1. The molecule has 0 bridgehead atoms. The standard InChI is InChI=1S/C18H17ClF2O3S/c19-12-1-4-15(5-2-12)25(23,24)18(9-7-14(22)8-10-18)16-11-13(20)3-6-17(16)21/h1-6,11,14,22H,7-10H2. The van der Waals surface area contributed by atoms with E-state index in [4.69, 9.17) is 11.6 Å². The van der Waals surface area contributed by atoms with Gasteiger partial charge in [0.15, 0.2) is 9.84 Å². The van der Waals surface area contributed by atoms with Gasteiger partial charge in [-0.1, -0.05) is 11.6 Å². The average molecular weight is 387 g/mol. The number of sulfone groups is 1. The zero-order chi connectivity index (χ0) is 18.2. The minimum absolute atomic E-state index is 0.00282. The van der Waals surface area contributed by atoms with E-state index in [9.17, 15) is 22.3 Å². The highest BCUT2D eigenvalue weighted by molar-refractivity contribution is 7.92. The zero-order valence-electron chi connectivity index (χ0n) is 13.3. The van der Waals surface area contributed by atoms with Gasteiger partial charge in [-0.25, -0.2) is 17.2 Å². The number of rotatable bonds is 3. The van der Waals surface area contributed by atoms with Crippen LogP contribution in [0.4, 0.5) is 8.78 Å². The third-order valence-electron chi connectivity index (χ3n) is 4.82. The summed E-state index contributed by atoms with van der Waals surface area (Å²) in [6.45, 7) is 0. The van der Waals surface area contributed by atoms with Gasteiger partial charge in [0.25, 0.3) is 0 Å². The van der Waals surface area contributed by atoms with Crippen LogP contribution in [0.15, 0.2) is 47.4 Å². The Bertz CT molecular complexity index is 874. The highest BCUT2D eigenvalue weighted by Gasteiger charge is 2.49. The lowest BCUT2D eigenvalue weighted by Gasteiger charge is -2.39. The molecular formula is C18H17ClF2O3S. The minimum Gasteiger partial charge on any atom is -0.393 e. The summed E-state index contributed by atoms with van der Waals surface area (Å²) < 4.78 is 53.4. The molecule has 1 N–H and O–H groups in total. The summed E-state index contributed by atoms with van der Waals surface area (Å²) in [5.74, 6) is -1.47. The van der Waals surface area contributed by atoms with Crippen LogP contribution in [0.5, 0.6) is 0 Å². The summed E-state index contributed by atoms with van der Waals surface area (Å²) in [6, 6.07) is 8.46. The molecule has 0 radical (unpaired) electrons. The SMILES string of the molecule is O=S(=O)(c1ccc(Cl)cc1)C1(c2cc(F)ccc2F)CCC(O)CC1. The predicted octanol–water partition coefficient (Wildman–Crippen LogP) is 4.22. The maximum atomic E-state index is 14.5. The van der Waals surface area contributed by atoms with Crippen molar-refractivity contribution in [2.24, 2.45) is 0 Å². The van der Waals surface area contributed by atoms with Crippen LogP contribution in [0.2, 0.25) is 5.02 Å². The van der Waals surface area contributed by atoms with Crippen molar-refractivity contribution in [2.75, 3.05) is 0 Å². The molecule has 1 fully saturated rings. The summed E-state index contributed by atoms with van der Waals surface area (Å²) >= 11 is 5.83. The van der Waals surface area contributed by atoms with E-state index in [0.29, 0.717) is 5.02 Å². The number of hydrogen-bond donors (Lipinski definition) is 1. The minimum atomic E-state index is -4.03. The van der Waals surface area contributed by atoms with Crippen molar-refractivity contribution in [3.8, 4) is 0 Å². The lowest BCUT2D eigenvalue weighted by molar-refractivity contribution is 0.113. The van der Waals surface area contributed by atoms with Crippen LogP contribution in [0.25, 0.3) is 0 Å². The molecule has 0 atom stereocenters. The topological polar surface area (TPSA) is 54.4 Å². The lowest BCUT2D eigenvalue weighted by Crippen LogP contribution is -2.41. The van der Waals surface area contributed by atoms with Crippen LogP contribution < -0.4 is 0 Å². The van der Waals surface area contributed by atoms with Crippen LogP contribution >= 0.6 is 11.6 Å². The molecule has 3 rings (SSSR count). The van der Waals surface area contributed by atoms with Crippen molar-refractivity contribution in [1.29, 1.82) is 0 Å². The van der Waals surface area contributed by atoms with Gasteiger partial charge >= 0.3 is 0 Å². The first-order valence-electron chi connectivity index (χ1n) is 7.90. The molecule has 2 aromatic rings. The number of benzene rings is 2. The van der Waals surface area contributed by atoms with E-state index in [-0.39, 0.29) is 36.1 Å². The molecule has 3 nitrogen and oxygen atoms in total. The van der Waals surface area contributed by atoms with Crippen molar-refractivity contribution in [3.05, 3.63) is 64.7 Å². The largest absolute Gasteiger partial charge is 0.393 e. The fraction of sp³-hybridized carbons (Fsp3) is 0.333. The van der Waals surface area contributed by atoms with Crippen molar-refractivity contribution < 1.29 is 22.3 Å². The van der Waals surface area contributed by atoms with Crippen LogP contribution in [0.1, 0.15) is 31.2 Å². The molecule has 0 saturated heterocycles. The van der Waals surface area contributed by atoms with E-state index in [0.717, 1.165) is 18.2 Å². The molecule has 0 unspecified atom stereocenters. The van der Waals surface area contributed by atoms with Crippen LogP contribution in [-0.4, -0.2) is 19.6 Å². The zero-order valence-corrected chi connectivity index (χ0v) is 14.8. The molecule has 0 aromatic heterocycles. The molecule has 0 spiro atoms. The van der Waals surface area contributed by atoms with E-state index in [1.807, 2.05) is 0 Å². The Kier molecular flexibility index (Phi) is 4.88. The summed E-state index contributed by atoms with van der Waals surface area (Å²) in [4.78, 5) is -0.00282. The summed E-state index contributed by atoms with van der Waals surface area (Å²) in [7, 11) is -4.03. The van der Waals surface area contributed by atoms with Gasteiger partial charge in [0.1, 0.15) is 16.4 Å². The first-order valence-corrected chi connectivity index (χ1v) is 9.76. The molecule has 134 valence electrons. The summed E-state index contributed by atoms with van der Waals surface area (Å²) in [6.07, 6.45) is -0.227. The molecule has 1 saturated carbocycles. The fourth-order valence-corrected chi connectivity index (χ4v) is 5.73. The fourth-order valence-electron chi connectivity index (χ4n) is 3.44. The molecule has 0 aliphatic heterocycles. The van der Waals surface area contributed by atoms with Crippen LogP contribution in [0.3, 0.4) is 0 Å². The Hall–Kier alpha value is -1.50. The molecule has 1 aliphatic carbocycles.